The van der Waals surface area contributed by atoms with Gasteiger partial charge in [0.25, 0.3) is 5.91 Å². The van der Waals surface area contributed by atoms with Crippen molar-refractivity contribution in [1.82, 2.24) is 15.3 Å². The van der Waals surface area contributed by atoms with Crippen LogP contribution in [0.25, 0.3) is 16.7 Å². The first-order chi connectivity index (χ1) is 16.8. The molecule has 0 aliphatic carbocycles. The summed E-state index contributed by atoms with van der Waals surface area (Å²) in [5.74, 6) is -0.369. The SMILES string of the molecule is CC(NC(=O)c1cncc(C2=CCOCC2)n1)c1ccc(-c2cc(C(F)(F)F)ccc2CN)cc1. The van der Waals surface area contributed by atoms with Crippen molar-refractivity contribution in [2.24, 2.45) is 5.73 Å². The molecule has 0 bridgehead atoms. The van der Waals surface area contributed by atoms with Crippen LogP contribution in [0.3, 0.4) is 0 Å². The maximum Gasteiger partial charge on any atom is 0.416 e. The highest BCUT2D eigenvalue weighted by molar-refractivity contribution is 5.92. The van der Waals surface area contributed by atoms with Gasteiger partial charge in [-0.3, -0.25) is 9.78 Å². The number of benzene rings is 2. The number of halogens is 3. The average Bonchev–Trinajstić information content (AvgIpc) is 2.88. The molecule has 1 amide bonds. The Kier molecular flexibility index (Phi) is 7.28. The minimum Gasteiger partial charge on any atom is -0.377 e. The van der Waals surface area contributed by atoms with Gasteiger partial charge in [-0.05, 0) is 53.3 Å². The molecule has 182 valence electrons. The number of ether oxygens (including phenoxy) is 1. The van der Waals surface area contributed by atoms with Gasteiger partial charge in [0, 0.05) is 6.54 Å². The molecule has 1 unspecified atom stereocenters. The predicted molar refractivity (Wildman–Crippen MR) is 126 cm³/mol. The van der Waals surface area contributed by atoms with Crippen LogP contribution in [0.1, 0.15) is 52.3 Å². The number of nitrogens with two attached hydrogens (primary N) is 1. The Hall–Kier alpha value is -3.56. The number of hydrogen-bond acceptors (Lipinski definition) is 5. The second-order valence-electron chi connectivity index (χ2n) is 8.23. The molecule has 1 atom stereocenters. The molecule has 4 rings (SSSR count). The molecule has 0 fully saturated rings. The fourth-order valence-corrected chi connectivity index (χ4v) is 3.89. The van der Waals surface area contributed by atoms with Gasteiger partial charge < -0.3 is 15.8 Å². The first-order valence-corrected chi connectivity index (χ1v) is 11.2. The number of rotatable bonds is 6. The lowest BCUT2D eigenvalue weighted by atomic mass is 9.95. The maximum atomic E-state index is 13.2. The van der Waals surface area contributed by atoms with E-state index in [-0.39, 0.29) is 24.2 Å². The molecule has 1 aliphatic heterocycles. The average molecular weight is 483 g/mol. The summed E-state index contributed by atoms with van der Waals surface area (Å²) in [6, 6.07) is 10.2. The van der Waals surface area contributed by atoms with Crippen LogP contribution in [0.15, 0.2) is 60.9 Å². The smallest absolute Gasteiger partial charge is 0.377 e. The van der Waals surface area contributed by atoms with Gasteiger partial charge in [-0.15, -0.1) is 0 Å². The Morgan fingerprint density at radius 2 is 1.94 bits per heavy atom. The van der Waals surface area contributed by atoms with Crippen LogP contribution in [-0.2, 0) is 17.5 Å². The first kappa shape index (κ1) is 24.6. The molecule has 3 N–H and O–H groups in total. The van der Waals surface area contributed by atoms with Gasteiger partial charge in [-0.1, -0.05) is 36.4 Å². The van der Waals surface area contributed by atoms with E-state index in [1.54, 1.807) is 30.5 Å². The second kappa shape index (κ2) is 10.4. The van der Waals surface area contributed by atoms with Crippen molar-refractivity contribution in [3.8, 4) is 11.1 Å². The number of carbonyl (C=O) groups excluding carboxylic acids is 1. The Balaban J connectivity index is 1.50. The third kappa shape index (κ3) is 5.75. The van der Waals surface area contributed by atoms with Crippen LogP contribution in [0.4, 0.5) is 13.2 Å². The fraction of sp³-hybridized carbons (Fsp3) is 0.269. The summed E-state index contributed by atoms with van der Waals surface area (Å²) in [4.78, 5) is 21.4. The third-order valence-electron chi connectivity index (χ3n) is 5.89. The Morgan fingerprint density at radius 3 is 2.60 bits per heavy atom. The summed E-state index contributed by atoms with van der Waals surface area (Å²) in [6.45, 7) is 3.05. The van der Waals surface area contributed by atoms with Gasteiger partial charge >= 0.3 is 6.18 Å². The monoisotopic (exact) mass is 482 g/mol. The highest BCUT2D eigenvalue weighted by Gasteiger charge is 2.31. The van der Waals surface area contributed by atoms with E-state index in [0.717, 1.165) is 23.3 Å². The lowest BCUT2D eigenvalue weighted by molar-refractivity contribution is -0.137. The van der Waals surface area contributed by atoms with Gasteiger partial charge in [0.1, 0.15) is 5.69 Å². The number of aromatic nitrogens is 2. The van der Waals surface area contributed by atoms with E-state index in [4.69, 9.17) is 10.5 Å². The van der Waals surface area contributed by atoms with Gasteiger partial charge in [-0.25, -0.2) is 4.98 Å². The van der Waals surface area contributed by atoms with Crippen molar-refractivity contribution in [1.29, 1.82) is 0 Å². The summed E-state index contributed by atoms with van der Waals surface area (Å²) in [5.41, 5.74) is 9.31. The lowest BCUT2D eigenvalue weighted by Crippen LogP contribution is -2.27. The number of amides is 1. The van der Waals surface area contributed by atoms with Crippen molar-refractivity contribution in [3.05, 3.63) is 89.0 Å². The zero-order valence-electron chi connectivity index (χ0n) is 19.1. The minimum absolute atomic E-state index is 0.117. The van der Waals surface area contributed by atoms with E-state index in [9.17, 15) is 18.0 Å². The molecule has 0 spiro atoms. The fourth-order valence-electron chi connectivity index (χ4n) is 3.89. The summed E-state index contributed by atoms with van der Waals surface area (Å²) >= 11 is 0. The van der Waals surface area contributed by atoms with Crippen molar-refractivity contribution < 1.29 is 22.7 Å². The van der Waals surface area contributed by atoms with Gasteiger partial charge in [0.15, 0.2) is 0 Å². The molecule has 0 radical (unpaired) electrons. The molecule has 0 saturated heterocycles. The predicted octanol–water partition coefficient (Wildman–Crippen LogP) is 4.92. The molecule has 3 aromatic rings. The third-order valence-corrected chi connectivity index (χ3v) is 5.89. The van der Waals surface area contributed by atoms with E-state index >= 15 is 0 Å². The van der Waals surface area contributed by atoms with Gasteiger partial charge in [0.2, 0.25) is 0 Å². The molecular weight excluding hydrogens is 457 g/mol. The van der Waals surface area contributed by atoms with Crippen molar-refractivity contribution in [3.63, 3.8) is 0 Å². The molecule has 2 heterocycles. The van der Waals surface area contributed by atoms with E-state index < -0.39 is 11.7 Å². The lowest BCUT2D eigenvalue weighted by Gasteiger charge is -2.17. The molecule has 2 aromatic carbocycles. The van der Waals surface area contributed by atoms with Crippen LogP contribution >= 0.6 is 0 Å². The van der Waals surface area contributed by atoms with Gasteiger partial charge in [0.05, 0.1) is 42.9 Å². The van der Waals surface area contributed by atoms with E-state index in [0.29, 0.717) is 42.0 Å². The highest BCUT2D eigenvalue weighted by atomic mass is 19.4. The summed E-state index contributed by atoms with van der Waals surface area (Å²) in [7, 11) is 0. The summed E-state index contributed by atoms with van der Waals surface area (Å²) in [5, 5.41) is 2.90. The van der Waals surface area contributed by atoms with Crippen LogP contribution < -0.4 is 11.1 Å². The Bertz CT molecular complexity index is 1240. The topological polar surface area (TPSA) is 90.1 Å². The molecule has 1 aromatic heterocycles. The molecular formula is C26H25F3N4O2. The van der Waals surface area contributed by atoms with Crippen molar-refractivity contribution in [2.45, 2.75) is 32.1 Å². The van der Waals surface area contributed by atoms with E-state index in [1.165, 1.54) is 12.3 Å². The largest absolute Gasteiger partial charge is 0.416 e. The Morgan fingerprint density at radius 1 is 1.17 bits per heavy atom. The highest BCUT2D eigenvalue weighted by Crippen LogP contribution is 2.34. The molecule has 6 nitrogen and oxygen atoms in total. The second-order valence-corrected chi connectivity index (χ2v) is 8.23. The zero-order chi connectivity index (χ0) is 25.0. The molecule has 1 aliphatic rings. The normalized spacial score (nSPS) is 14.8. The number of nitrogens with one attached hydrogen (secondary N) is 1. The van der Waals surface area contributed by atoms with E-state index in [2.05, 4.69) is 15.3 Å². The number of carbonyl (C=O) groups is 1. The Labute approximate surface area is 201 Å². The summed E-state index contributed by atoms with van der Waals surface area (Å²) < 4.78 is 44.9. The van der Waals surface area contributed by atoms with Crippen LogP contribution in [0, 0.1) is 0 Å². The number of alkyl halides is 3. The number of hydrogen-bond donors (Lipinski definition) is 2. The standard InChI is InChI=1S/C26H25F3N4O2/c1-16(32-25(34)24-15-31-14-23(33-24)19-8-10-35-11-9-19)17-2-4-18(5-3-17)22-12-21(26(27,28)29)7-6-20(22)13-30/h2-8,12,14-16H,9-11,13,30H2,1H3,(H,32,34). The number of nitrogens with zero attached hydrogens (tertiary/aromatic N) is 2. The maximum absolute atomic E-state index is 13.2. The quantitative estimate of drug-likeness (QED) is 0.521. The van der Waals surface area contributed by atoms with Crippen molar-refractivity contribution in [2.75, 3.05) is 13.2 Å². The zero-order valence-corrected chi connectivity index (χ0v) is 19.1. The van der Waals surface area contributed by atoms with Crippen LogP contribution in [0.5, 0.6) is 0 Å². The van der Waals surface area contributed by atoms with Crippen molar-refractivity contribution >= 4 is 11.5 Å². The van der Waals surface area contributed by atoms with Gasteiger partial charge in [-0.2, -0.15) is 13.2 Å². The van der Waals surface area contributed by atoms with E-state index in [1.807, 2.05) is 13.0 Å². The summed E-state index contributed by atoms with van der Waals surface area (Å²) in [6.07, 6.45) is 1.23. The molecule has 35 heavy (non-hydrogen) atoms. The van der Waals surface area contributed by atoms with Crippen LogP contribution in [-0.4, -0.2) is 29.1 Å². The molecule has 9 heteroatoms. The molecule has 0 saturated carbocycles. The first-order valence-electron chi connectivity index (χ1n) is 11.2. The van der Waals surface area contributed by atoms with Crippen LogP contribution in [0.2, 0.25) is 0 Å². The minimum atomic E-state index is -4.44.